The summed E-state index contributed by atoms with van der Waals surface area (Å²) in [5, 5.41) is 4.98. The van der Waals surface area contributed by atoms with Crippen LogP contribution in [0.25, 0.3) is 0 Å². The highest BCUT2D eigenvalue weighted by Gasteiger charge is 2.62. The number of carbonyl (C=O) groups excluding carboxylic acids is 4. The van der Waals surface area contributed by atoms with Gasteiger partial charge >= 0.3 is 0 Å². The lowest BCUT2D eigenvalue weighted by Crippen LogP contribution is -2.56. The zero-order valence-corrected chi connectivity index (χ0v) is 15.3. The fourth-order valence-electron chi connectivity index (χ4n) is 4.00. The Morgan fingerprint density at radius 3 is 2.11 bits per heavy atom. The highest BCUT2D eigenvalue weighted by Crippen LogP contribution is 2.49. The molecule has 3 rings (SSSR count). The van der Waals surface area contributed by atoms with Crippen molar-refractivity contribution in [3.8, 4) is 0 Å². The first-order valence-corrected chi connectivity index (χ1v) is 9.33. The predicted octanol–water partition coefficient (Wildman–Crippen LogP) is 0.800. The first-order chi connectivity index (χ1) is 12.5. The molecule has 150 valence electrons. The second-order valence-corrected chi connectivity index (χ2v) is 8.57. The van der Waals surface area contributed by atoms with E-state index in [4.69, 9.17) is 5.73 Å². The van der Waals surface area contributed by atoms with E-state index in [2.05, 4.69) is 10.6 Å². The van der Waals surface area contributed by atoms with Crippen molar-refractivity contribution >= 4 is 23.5 Å². The van der Waals surface area contributed by atoms with Crippen molar-refractivity contribution < 1.29 is 28.0 Å². The quantitative estimate of drug-likeness (QED) is 0.536. The second-order valence-electron chi connectivity index (χ2n) is 8.57. The van der Waals surface area contributed by atoms with Gasteiger partial charge in [-0.2, -0.15) is 0 Å². The summed E-state index contributed by atoms with van der Waals surface area (Å²) in [6.45, 7) is 2.00. The maximum Gasteiger partial charge on any atom is 0.287 e. The minimum Gasteiger partial charge on any atom is -0.363 e. The normalized spacial score (nSPS) is 27.3. The van der Waals surface area contributed by atoms with E-state index in [1.165, 1.54) is 0 Å². The Morgan fingerprint density at radius 2 is 1.67 bits per heavy atom. The van der Waals surface area contributed by atoms with E-state index in [1.807, 2.05) is 6.92 Å². The van der Waals surface area contributed by atoms with Gasteiger partial charge in [0.15, 0.2) is 0 Å². The molecule has 27 heavy (non-hydrogen) atoms. The zero-order valence-electron chi connectivity index (χ0n) is 15.3. The summed E-state index contributed by atoms with van der Waals surface area (Å²) in [6.07, 6.45) is 4.11. The standard InChI is InChI=1S/C18H25F2N3O4/c1-16(4-2-3-5-16)9-11(22-14(26)10-8-18(10,19)20)15(27)23-17(6-7-17)12(24)13(21)25/h10-11H,2-9H2,1H3,(H2,21,25)(H,22,26)(H,23,27)/t10?,11-/m0/s1. The first-order valence-electron chi connectivity index (χ1n) is 9.33. The summed E-state index contributed by atoms with van der Waals surface area (Å²) >= 11 is 0. The zero-order chi connectivity index (χ0) is 20.0. The van der Waals surface area contributed by atoms with Gasteiger partial charge in [0.05, 0.1) is 0 Å². The van der Waals surface area contributed by atoms with E-state index >= 15 is 0 Å². The average molecular weight is 385 g/mol. The maximum absolute atomic E-state index is 13.2. The Balaban J connectivity index is 1.70. The molecule has 0 aromatic rings. The van der Waals surface area contributed by atoms with Crippen LogP contribution in [0.2, 0.25) is 0 Å². The van der Waals surface area contributed by atoms with Crippen molar-refractivity contribution in [2.24, 2.45) is 17.1 Å². The van der Waals surface area contributed by atoms with Crippen LogP contribution in [0.5, 0.6) is 0 Å². The van der Waals surface area contributed by atoms with Gasteiger partial charge in [-0.25, -0.2) is 8.78 Å². The van der Waals surface area contributed by atoms with Gasteiger partial charge in [0.1, 0.15) is 17.5 Å². The van der Waals surface area contributed by atoms with Crippen LogP contribution in [0.15, 0.2) is 0 Å². The van der Waals surface area contributed by atoms with Crippen molar-refractivity contribution in [3.63, 3.8) is 0 Å². The number of hydrogen-bond acceptors (Lipinski definition) is 4. The lowest BCUT2D eigenvalue weighted by atomic mass is 9.81. The molecule has 0 bridgehead atoms. The van der Waals surface area contributed by atoms with Crippen LogP contribution in [0.1, 0.15) is 58.3 Å². The number of halogens is 2. The van der Waals surface area contributed by atoms with Crippen molar-refractivity contribution in [2.75, 3.05) is 0 Å². The number of amides is 3. The number of rotatable bonds is 8. The van der Waals surface area contributed by atoms with E-state index in [9.17, 15) is 28.0 Å². The van der Waals surface area contributed by atoms with Crippen LogP contribution in [0.4, 0.5) is 8.78 Å². The van der Waals surface area contributed by atoms with Gasteiger partial charge in [-0.3, -0.25) is 19.2 Å². The van der Waals surface area contributed by atoms with Gasteiger partial charge in [-0.1, -0.05) is 19.8 Å². The summed E-state index contributed by atoms with van der Waals surface area (Å²) in [7, 11) is 0. The molecule has 2 atom stereocenters. The SMILES string of the molecule is CC1(C[C@H](NC(=O)C2CC2(F)F)C(=O)NC2(C(=O)C(N)=O)CC2)CCCC1. The second kappa shape index (κ2) is 6.53. The van der Waals surface area contributed by atoms with E-state index in [0.717, 1.165) is 25.7 Å². The van der Waals surface area contributed by atoms with Gasteiger partial charge in [0.2, 0.25) is 17.6 Å². The van der Waals surface area contributed by atoms with Crippen LogP contribution in [0, 0.1) is 11.3 Å². The molecule has 0 aromatic carbocycles. The molecule has 0 saturated heterocycles. The number of primary amides is 1. The van der Waals surface area contributed by atoms with Crippen LogP contribution in [-0.4, -0.2) is 41.0 Å². The van der Waals surface area contributed by atoms with E-state index in [1.54, 1.807) is 0 Å². The van der Waals surface area contributed by atoms with E-state index in [0.29, 0.717) is 19.3 Å². The Morgan fingerprint density at radius 1 is 1.11 bits per heavy atom. The topological polar surface area (TPSA) is 118 Å². The molecule has 0 aliphatic heterocycles. The Labute approximate surface area is 155 Å². The summed E-state index contributed by atoms with van der Waals surface area (Å²) in [6, 6.07) is -1.03. The summed E-state index contributed by atoms with van der Waals surface area (Å²) in [5.41, 5.74) is 3.53. The Hall–Kier alpha value is -2.06. The molecule has 0 aromatic heterocycles. The molecule has 3 fully saturated rings. The predicted molar refractivity (Wildman–Crippen MR) is 90.5 cm³/mol. The lowest BCUT2D eigenvalue weighted by Gasteiger charge is -2.30. The van der Waals surface area contributed by atoms with Gasteiger partial charge in [0.25, 0.3) is 11.8 Å². The number of hydrogen-bond donors (Lipinski definition) is 3. The largest absolute Gasteiger partial charge is 0.363 e. The molecule has 3 aliphatic rings. The third-order valence-corrected chi connectivity index (χ3v) is 6.05. The minimum absolute atomic E-state index is 0.189. The highest BCUT2D eigenvalue weighted by molar-refractivity contribution is 6.40. The monoisotopic (exact) mass is 385 g/mol. The van der Waals surface area contributed by atoms with E-state index < -0.39 is 53.3 Å². The fraction of sp³-hybridized carbons (Fsp3) is 0.778. The Bertz CT molecular complexity index is 684. The lowest BCUT2D eigenvalue weighted by molar-refractivity contribution is -0.140. The van der Waals surface area contributed by atoms with Crippen molar-refractivity contribution in [1.82, 2.24) is 10.6 Å². The number of nitrogens with two attached hydrogens (primary N) is 1. The molecule has 0 radical (unpaired) electrons. The van der Waals surface area contributed by atoms with Crippen molar-refractivity contribution in [2.45, 2.75) is 75.8 Å². The third kappa shape index (κ3) is 4.11. The number of carbonyl (C=O) groups is 4. The van der Waals surface area contributed by atoms with Crippen molar-refractivity contribution in [3.05, 3.63) is 0 Å². The molecule has 4 N–H and O–H groups in total. The highest BCUT2D eigenvalue weighted by atomic mass is 19.3. The molecule has 3 amide bonds. The number of alkyl halides is 2. The molecule has 0 heterocycles. The molecule has 3 aliphatic carbocycles. The van der Waals surface area contributed by atoms with E-state index in [-0.39, 0.29) is 5.41 Å². The van der Waals surface area contributed by atoms with Gasteiger partial charge in [0, 0.05) is 6.42 Å². The molecular weight excluding hydrogens is 360 g/mol. The Kier molecular flexibility index (Phi) is 4.76. The smallest absolute Gasteiger partial charge is 0.287 e. The van der Waals surface area contributed by atoms with Crippen LogP contribution < -0.4 is 16.4 Å². The third-order valence-electron chi connectivity index (χ3n) is 6.05. The van der Waals surface area contributed by atoms with Crippen LogP contribution in [0.3, 0.4) is 0 Å². The van der Waals surface area contributed by atoms with Gasteiger partial charge in [-0.05, 0) is 37.5 Å². The number of Topliss-reactive ketones (excluding diaryl/α,β-unsaturated/α-hetero) is 1. The molecule has 0 spiro atoms. The van der Waals surface area contributed by atoms with Crippen LogP contribution >= 0.6 is 0 Å². The summed E-state index contributed by atoms with van der Waals surface area (Å²) < 4.78 is 26.4. The average Bonchev–Trinajstić information content (AvgIpc) is 3.43. The molecule has 9 heteroatoms. The first kappa shape index (κ1) is 19.7. The maximum atomic E-state index is 13.2. The molecule has 7 nitrogen and oxygen atoms in total. The van der Waals surface area contributed by atoms with Crippen molar-refractivity contribution in [1.29, 1.82) is 0 Å². The number of nitrogens with one attached hydrogen (secondary N) is 2. The minimum atomic E-state index is -3.03. The summed E-state index contributed by atoms with van der Waals surface area (Å²) in [5.74, 6) is -7.93. The molecule has 3 saturated carbocycles. The number of ketones is 1. The molecule has 1 unspecified atom stereocenters. The summed E-state index contributed by atoms with van der Waals surface area (Å²) in [4.78, 5) is 48.0. The van der Waals surface area contributed by atoms with Gasteiger partial charge < -0.3 is 16.4 Å². The molecular formula is C18H25F2N3O4. The van der Waals surface area contributed by atoms with Crippen LogP contribution in [-0.2, 0) is 19.2 Å². The van der Waals surface area contributed by atoms with Gasteiger partial charge in [-0.15, -0.1) is 0 Å². The fourth-order valence-corrected chi connectivity index (χ4v) is 4.00.